The molecule has 1 aliphatic rings. The number of nitrogens with one attached hydrogen (secondary N) is 1. The van der Waals surface area contributed by atoms with Gasteiger partial charge in [0.2, 0.25) is 5.91 Å². The third-order valence-electron chi connectivity index (χ3n) is 4.40. The number of carbonyl (C=O) groups excluding carboxylic acids is 2. The Morgan fingerprint density at radius 2 is 2.17 bits per heavy atom. The Labute approximate surface area is 136 Å². The summed E-state index contributed by atoms with van der Waals surface area (Å²) in [7, 11) is 1.78. The van der Waals surface area contributed by atoms with E-state index in [1.54, 1.807) is 24.1 Å². The largest absolute Gasteiger partial charge is 0.459 e. The first-order chi connectivity index (χ1) is 11.1. The van der Waals surface area contributed by atoms with Crippen LogP contribution in [-0.2, 0) is 4.79 Å². The van der Waals surface area contributed by atoms with Crippen LogP contribution in [0.5, 0.6) is 0 Å². The van der Waals surface area contributed by atoms with Crippen LogP contribution in [0, 0.1) is 5.92 Å². The van der Waals surface area contributed by atoms with Crippen LogP contribution in [0.4, 0.5) is 0 Å². The molecule has 1 heterocycles. The van der Waals surface area contributed by atoms with Crippen molar-refractivity contribution in [3.63, 3.8) is 0 Å². The fraction of sp³-hybridized carbons (Fsp3) is 0.647. The summed E-state index contributed by atoms with van der Waals surface area (Å²) in [4.78, 5) is 25.5. The highest BCUT2D eigenvalue weighted by Gasteiger charge is 2.25. The SMILES string of the molecule is CN(CC1CCCCC1O)C(=O)CCCNC(=O)c1ccco1. The van der Waals surface area contributed by atoms with E-state index in [2.05, 4.69) is 5.32 Å². The normalized spacial score (nSPS) is 21.0. The zero-order valence-corrected chi connectivity index (χ0v) is 13.7. The Bertz CT molecular complexity index is 501. The van der Waals surface area contributed by atoms with E-state index in [0.717, 1.165) is 25.7 Å². The fourth-order valence-corrected chi connectivity index (χ4v) is 2.98. The van der Waals surface area contributed by atoms with Crippen molar-refractivity contribution in [1.29, 1.82) is 0 Å². The minimum Gasteiger partial charge on any atom is -0.459 e. The smallest absolute Gasteiger partial charge is 0.286 e. The number of furan rings is 1. The average molecular weight is 322 g/mol. The molecular formula is C17H26N2O4. The quantitative estimate of drug-likeness (QED) is 0.750. The molecule has 2 unspecified atom stereocenters. The van der Waals surface area contributed by atoms with E-state index in [9.17, 15) is 14.7 Å². The molecule has 2 atom stereocenters. The summed E-state index contributed by atoms with van der Waals surface area (Å²) in [5.74, 6) is 0.257. The van der Waals surface area contributed by atoms with E-state index in [4.69, 9.17) is 4.42 Å². The highest BCUT2D eigenvalue weighted by Crippen LogP contribution is 2.25. The van der Waals surface area contributed by atoms with E-state index < -0.39 is 0 Å². The molecule has 0 saturated heterocycles. The second-order valence-corrected chi connectivity index (χ2v) is 6.22. The fourth-order valence-electron chi connectivity index (χ4n) is 2.98. The van der Waals surface area contributed by atoms with Gasteiger partial charge in [0, 0.05) is 32.5 Å². The third kappa shape index (κ3) is 5.39. The maximum atomic E-state index is 12.1. The Balaban J connectivity index is 1.63. The lowest BCUT2D eigenvalue weighted by molar-refractivity contribution is -0.131. The van der Waals surface area contributed by atoms with Crippen LogP contribution >= 0.6 is 0 Å². The van der Waals surface area contributed by atoms with Crippen molar-refractivity contribution in [2.24, 2.45) is 5.92 Å². The van der Waals surface area contributed by atoms with Gasteiger partial charge in [0.15, 0.2) is 5.76 Å². The topological polar surface area (TPSA) is 82.8 Å². The number of hydrogen-bond acceptors (Lipinski definition) is 4. The number of nitrogens with zero attached hydrogens (tertiary/aromatic N) is 1. The van der Waals surface area contributed by atoms with Gasteiger partial charge in [-0.3, -0.25) is 9.59 Å². The molecule has 2 N–H and O–H groups in total. The first kappa shape index (κ1) is 17.5. The zero-order valence-electron chi connectivity index (χ0n) is 13.7. The summed E-state index contributed by atoms with van der Waals surface area (Å²) in [6, 6.07) is 3.26. The maximum absolute atomic E-state index is 12.1. The summed E-state index contributed by atoms with van der Waals surface area (Å²) < 4.78 is 5.00. The van der Waals surface area contributed by atoms with Crippen molar-refractivity contribution in [1.82, 2.24) is 10.2 Å². The minimum atomic E-state index is -0.286. The van der Waals surface area contributed by atoms with Gasteiger partial charge in [-0.1, -0.05) is 12.8 Å². The van der Waals surface area contributed by atoms with Gasteiger partial charge in [-0.2, -0.15) is 0 Å². The molecule has 0 radical (unpaired) electrons. The molecule has 1 saturated carbocycles. The zero-order chi connectivity index (χ0) is 16.7. The van der Waals surface area contributed by atoms with Crippen molar-refractivity contribution in [3.05, 3.63) is 24.2 Å². The van der Waals surface area contributed by atoms with E-state index in [0.29, 0.717) is 25.9 Å². The lowest BCUT2D eigenvalue weighted by Gasteiger charge is -2.31. The van der Waals surface area contributed by atoms with Crippen molar-refractivity contribution < 1.29 is 19.1 Å². The Hall–Kier alpha value is -1.82. The van der Waals surface area contributed by atoms with Crippen LogP contribution in [-0.4, -0.2) is 48.1 Å². The summed E-state index contributed by atoms with van der Waals surface area (Å²) in [5, 5.41) is 12.7. The molecule has 1 aromatic heterocycles. The van der Waals surface area contributed by atoms with Crippen molar-refractivity contribution in [2.75, 3.05) is 20.1 Å². The standard InChI is InChI=1S/C17H26N2O4/c1-19(12-13-6-2-3-7-14(13)20)16(21)9-4-10-18-17(22)15-8-5-11-23-15/h5,8,11,13-14,20H,2-4,6-7,9-10,12H2,1H3,(H,18,22). The number of rotatable bonds is 7. The summed E-state index contributed by atoms with van der Waals surface area (Å²) >= 11 is 0. The van der Waals surface area contributed by atoms with E-state index in [1.807, 2.05) is 0 Å². The van der Waals surface area contributed by atoms with Gasteiger partial charge in [0.25, 0.3) is 5.91 Å². The van der Waals surface area contributed by atoms with E-state index in [-0.39, 0.29) is 29.6 Å². The molecule has 1 fully saturated rings. The summed E-state index contributed by atoms with van der Waals surface area (Å²) in [6.45, 7) is 1.05. The molecular weight excluding hydrogens is 296 g/mol. The number of amides is 2. The van der Waals surface area contributed by atoms with Crippen molar-refractivity contribution >= 4 is 11.8 Å². The minimum absolute atomic E-state index is 0.0509. The number of carbonyl (C=O) groups is 2. The van der Waals surface area contributed by atoms with Crippen molar-refractivity contribution in [3.8, 4) is 0 Å². The molecule has 1 aromatic rings. The molecule has 2 rings (SSSR count). The predicted molar refractivity (Wildman–Crippen MR) is 85.9 cm³/mol. The van der Waals surface area contributed by atoms with Crippen LogP contribution < -0.4 is 5.32 Å². The molecule has 0 aromatic carbocycles. The monoisotopic (exact) mass is 322 g/mol. The van der Waals surface area contributed by atoms with Gasteiger partial charge in [0.1, 0.15) is 0 Å². The van der Waals surface area contributed by atoms with Gasteiger partial charge >= 0.3 is 0 Å². The summed E-state index contributed by atoms with van der Waals surface area (Å²) in [5.41, 5.74) is 0. The van der Waals surface area contributed by atoms with Gasteiger partial charge < -0.3 is 19.7 Å². The van der Waals surface area contributed by atoms with Crippen LogP contribution in [0.2, 0.25) is 0 Å². The second kappa shape index (κ2) is 8.72. The molecule has 0 aliphatic heterocycles. The first-order valence-electron chi connectivity index (χ1n) is 8.31. The van der Waals surface area contributed by atoms with E-state index in [1.165, 1.54) is 6.26 Å². The third-order valence-corrected chi connectivity index (χ3v) is 4.40. The number of aliphatic hydroxyl groups is 1. The Kier molecular flexibility index (Phi) is 6.65. The van der Waals surface area contributed by atoms with Gasteiger partial charge in [-0.05, 0) is 31.4 Å². The van der Waals surface area contributed by atoms with E-state index >= 15 is 0 Å². The van der Waals surface area contributed by atoms with Crippen molar-refractivity contribution in [2.45, 2.75) is 44.6 Å². The molecule has 0 bridgehead atoms. The molecule has 128 valence electrons. The van der Waals surface area contributed by atoms with Crippen LogP contribution in [0.1, 0.15) is 49.1 Å². The molecule has 2 amide bonds. The molecule has 0 spiro atoms. The van der Waals surface area contributed by atoms with Gasteiger partial charge in [-0.25, -0.2) is 0 Å². The molecule has 6 nitrogen and oxygen atoms in total. The Morgan fingerprint density at radius 1 is 1.39 bits per heavy atom. The maximum Gasteiger partial charge on any atom is 0.286 e. The van der Waals surface area contributed by atoms with Crippen LogP contribution in [0.15, 0.2) is 22.8 Å². The second-order valence-electron chi connectivity index (χ2n) is 6.22. The first-order valence-corrected chi connectivity index (χ1v) is 8.31. The average Bonchev–Trinajstić information content (AvgIpc) is 3.07. The van der Waals surface area contributed by atoms with Gasteiger partial charge in [0.05, 0.1) is 12.4 Å². The highest BCUT2D eigenvalue weighted by molar-refractivity contribution is 5.91. The molecule has 6 heteroatoms. The van der Waals surface area contributed by atoms with Crippen LogP contribution in [0.3, 0.4) is 0 Å². The lowest BCUT2D eigenvalue weighted by atomic mass is 9.86. The lowest BCUT2D eigenvalue weighted by Crippen LogP contribution is -2.38. The highest BCUT2D eigenvalue weighted by atomic mass is 16.3. The predicted octanol–water partition coefficient (Wildman–Crippen LogP) is 1.80. The molecule has 1 aliphatic carbocycles. The van der Waals surface area contributed by atoms with Gasteiger partial charge in [-0.15, -0.1) is 0 Å². The Morgan fingerprint density at radius 3 is 2.87 bits per heavy atom. The van der Waals surface area contributed by atoms with Crippen LogP contribution in [0.25, 0.3) is 0 Å². The summed E-state index contributed by atoms with van der Waals surface area (Å²) in [6.07, 6.45) is 6.16. The molecule has 23 heavy (non-hydrogen) atoms. The number of hydrogen-bond donors (Lipinski definition) is 2. The number of aliphatic hydroxyl groups excluding tert-OH is 1.